The van der Waals surface area contributed by atoms with E-state index in [1.807, 2.05) is 13.0 Å². The summed E-state index contributed by atoms with van der Waals surface area (Å²) in [4.78, 5) is 15.4. The minimum Gasteiger partial charge on any atom is -0.466 e. The van der Waals surface area contributed by atoms with Crippen molar-refractivity contribution in [3.63, 3.8) is 0 Å². The summed E-state index contributed by atoms with van der Waals surface area (Å²) < 4.78 is 5.14. The van der Waals surface area contributed by atoms with Crippen LogP contribution in [0.4, 0.5) is 0 Å². The van der Waals surface area contributed by atoms with E-state index in [1.54, 1.807) is 11.3 Å². The molecule has 114 valence electrons. The van der Waals surface area contributed by atoms with Crippen molar-refractivity contribution in [3.05, 3.63) is 21.9 Å². The normalized spacial score (nSPS) is 18.9. The van der Waals surface area contributed by atoms with Gasteiger partial charge < -0.3 is 10.5 Å². The Balaban J connectivity index is 1.96. The summed E-state index contributed by atoms with van der Waals surface area (Å²) >= 11 is 1.71. The number of rotatable bonds is 4. The number of hydrogen-bond acceptors (Lipinski definition) is 5. The van der Waals surface area contributed by atoms with Crippen LogP contribution in [-0.2, 0) is 16.1 Å². The Labute approximate surface area is 130 Å². The van der Waals surface area contributed by atoms with Crippen molar-refractivity contribution >= 4 is 17.3 Å². The van der Waals surface area contributed by atoms with E-state index in [0.29, 0.717) is 13.2 Å². The lowest BCUT2D eigenvalue weighted by atomic mass is 9.98. The van der Waals surface area contributed by atoms with E-state index in [-0.39, 0.29) is 11.9 Å². The van der Waals surface area contributed by atoms with Gasteiger partial charge in [0.15, 0.2) is 0 Å². The summed E-state index contributed by atoms with van der Waals surface area (Å²) in [5.74, 6) is 5.97. The van der Waals surface area contributed by atoms with Gasteiger partial charge in [-0.2, -0.15) is 0 Å². The Morgan fingerprint density at radius 1 is 1.62 bits per heavy atom. The molecule has 0 aromatic carbocycles. The first-order valence-corrected chi connectivity index (χ1v) is 8.26. The molecule has 21 heavy (non-hydrogen) atoms. The predicted molar refractivity (Wildman–Crippen MR) is 84.9 cm³/mol. The molecule has 1 fully saturated rings. The molecule has 0 amide bonds. The Morgan fingerprint density at radius 2 is 2.48 bits per heavy atom. The van der Waals surface area contributed by atoms with Crippen LogP contribution in [0.3, 0.4) is 0 Å². The smallest absolute Gasteiger partial charge is 0.310 e. The number of nitrogens with zero attached hydrogens (tertiary/aromatic N) is 1. The van der Waals surface area contributed by atoms with Gasteiger partial charge in [0.05, 0.1) is 19.1 Å². The largest absolute Gasteiger partial charge is 0.466 e. The number of carbonyl (C=O) groups excluding carboxylic acids is 1. The van der Waals surface area contributed by atoms with Crippen LogP contribution in [0.25, 0.3) is 0 Å². The highest BCUT2D eigenvalue weighted by molar-refractivity contribution is 7.10. The number of hydrogen-bond donors (Lipinski definition) is 1. The van der Waals surface area contributed by atoms with Crippen molar-refractivity contribution in [1.82, 2.24) is 4.90 Å². The van der Waals surface area contributed by atoms with Crippen LogP contribution < -0.4 is 5.73 Å². The zero-order chi connectivity index (χ0) is 15.1. The molecule has 0 saturated carbocycles. The minimum atomic E-state index is -0.0588. The molecule has 2 rings (SSSR count). The second-order valence-corrected chi connectivity index (χ2v) is 6.09. The fourth-order valence-corrected chi connectivity index (χ4v) is 3.45. The average molecular weight is 306 g/mol. The molecule has 2 N–H and O–H groups in total. The SMILES string of the molecule is CCOC(=O)C1CCCN(Cc2sccc2C#CCN)C1. The number of nitrogens with two attached hydrogens (primary N) is 1. The zero-order valence-electron chi connectivity index (χ0n) is 12.4. The van der Waals surface area contributed by atoms with Gasteiger partial charge in [0, 0.05) is 23.5 Å². The van der Waals surface area contributed by atoms with Crippen molar-refractivity contribution in [1.29, 1.82) is 0 Å². The van der Waals surface area contributed by atoms with Gasteiger partial charge in [-0.15, -0.1) is 11.3 Å². The molecule has 1 unspecified atom stereocenters. The van der Waals surface area contributed by atoms with Gasteiger partial charge in [0.25, 0.3) is 0 Å². The molecule has 1 aromatic heterocycles. The number of piperidine rings is 1. The highest BCUT2D eigenvalue weighted by Gasteiger charge is 2.27. The van der Waals surface area contributed by atoms with Crippen LogP contribution in [0, 0.1) is 17.8 Å². The fourth-order valence-electron chi connectivity index (χ4n) is 2.58. The molecule has 0 bridgehead atoms. The summed E-state index contributed by atoms with van der Waals surface area (Å²) in [7, 11) is 0. The van der Waals surface area contributed by atoms with E-state index in [2.05, 4.69) is 22.1 Å². The first-order valence-electron chi connectivity index (χ1n) is 7.39. The molecule has 5 heteroatoms. The van der Waals surface area contributed by atoms with Crippen molar-refractivity contribution in [3.8, 4) is 11.8 Å². The van der Waals surface area contributed by atoms with Crippen LogP contribution in [0.2, 0.25) is 0 Å². The Hall–Kier alpha value is -1.35. The van der Waals surface area contributed by atoms with Crippen molar-refractivity contribution < 1.29 is 9.53 Å². The Morgan fingerprint density at radius 3 is 3.24 bits per heavy atom. The highest BCUT2D eigenvalue weighted by Crippen LogP contribution is 2.23. The number of carbonyl (C=O) groups is 1. The van der Waals surface area contributed by atoms with Crippen LogP contribution >= 0.6 is 11.3 Å². The molecular weight excluding hydrogens is 284 g/mol. The molecule has 1 aliphatic rings. The molecule has 1 atom stereocenters. The molecule has 1 aromatic rings. The van der Waals surface area contributed by atoms with Crippen LogP contribution in [0.1, 0.15) is 30.2 Å². The predicted octanol–water partition coefficient (Wildman–Crippen LogP) is 1.83. The van der Waals surface area contributed by atoms with E-state index in [0.717, 1.165) is 38.0 Å². The van der Waals surface area contributed by atoms with Gasteiger partial charge in [-0.1, -0.05) is 11.8 Å². The van der Waals surface area contributed by atoms with Gasteiger partial charge >= 0.3 is 5.97 Å². The third-order valence-electron chi connectivity index (χ3n) is 3.56. The third-order valence-corrected chi connectivity index (χ3v) is 4.47. The van der Waals surface area contributed by atoms with Crippen molar-refractivity contribution in [2.24, 2.45) is 11.7 Å². The molecule has 2 heterocycles. The maximum absolute atomic E-state index is 11.9. The van der Waals surface area contributed by atoms with Gasteiger partial charge in [0.1, 0.15) is 0 Å². The number of ether oxygens (including phenoxy) is 1. The van der Waals surface area contributed by atoms with Crippen molar-refractivity contribution in [2.45, 2.75) is 26.3 Å². The summed E-state index contributed by atoms with van der Waals surface area (Å²) in [5.41, 5.74) is 6.49. The second kappa shape index (κ2) is 8.18. The summed E-state index contributed by atoms with van der Waals surface area (Å²) in [6.45, 7) is 5.34. The van der Waals surface area contributed by atoms with E-state index >= 15 is 0 Å². The van der Waals surface area contributed by atoms with Crippen LogP contribution in [0.5, 0.6) is 0 Å². The number of esters is 1. The molecule has 0 spiro atoms. The van der Waals surface area contributed by atoms with E-state index in [1.165, 1.54) is 4.88 Å². The van der Waals surface area contributed by atoms with Crippen LogP contribution in [0.15, 0.2) is 11.4 Å². The topological polar surface area (TPSA) is 55.6 Å². The maximum Gasteiger partial charge on any atom is 0.310 e. The average Bonchev–Trinajstić information content (AvgIpc) is 2.93. The van der Waals surface area contributed by atoms with Gasteiger partial charge in [-0.3, -0.25) is 9.69 Å². The molecule has 4 nitrogen and oxygen atoms in total. The lowest BCUT2D eigenvalue weighted by Crippen LogP contribution is -2.38. The first kappa shape index (κ1) is 16.0. The van der Waals surface area contributed by atoms with Gasteiger partial charge in [-0.25, -0.2) is 0 Å². The first-order chi connectivity index (χ1) is 10.2. The summed E-state index contributed by atoms with van der Waals surface area (Å²) in [6, 6.07) is 2.04. The van der Waals surface area contributed by atoms with E-state index < -0.39 is 0 Å². The van der Waals surface area contributed by atoms with Gasteiger partial charge in [-0.05, 0) is 37.8 Å². The number of likely N-dealkylation sites (tertiary alicyclic amines) is 1. The Bertz CT molecular complexity index is 530. The molecular formula is C16H22N2O2S. The quantitative estimate of drug-likeness (QED) is 0.681. The monoisotopic (exact) mass is 306 g/mol. The standard InChI is InChI=1S/C16H22N2O2S/c1-2-20-16(19)14-6-4-9-18(11-14)12-15-13(5-3-8-17)7-10-21-15/h7,10,14H,2,4,6,8-9,11-12,17H2,1H3. The third kappa shape index (κ3) is 4.57. The van der Waals surface area contributed by atoms with Crippen LogP contribution in [-0.4, -0.2) is 37.1 Å². The molecule has 0 aliphatic carbocycles. The summed E-state index contributed by atoms with van der Waals surface area (Å²) in [6.07, 6.45) is 1.97. The lowest BCUT2D eigenvalue weighted by molar-refractivity contribution is -0.150. The Kier molecular flexibility index (Phi) is 6.24. The molecule has 1 aliphatic heterocycles. The lowest BCUT2D eigenvalue weighted by Gasteiger charge is -2.31. The maximum atomic E-state index is 11.9. The minimum absolute atomic E-state index is 0.0113. The number of thiophene rings is 1. The van der Waals surface area contributed by atoms with Crippen molar-refractivity contribution in [2.75, 3.05) is 26.2 Å². The van der Waals surface area contributed by atoms with E-state index in [4.69, 9.17) is 10.5 Å². The molecule has 1 saturated heterocycles. The second-order valence-electron chi connectivity index (χ2n) is 5.09. The fraction of sp³-hybridized carbons (Fsp3) is 0.562. The van der Waals surface area contributed by atoms with E-state index in [9.17, 15) is 4.79 Å². The van der Waals surface area contributed by atoms with Gasteiger partial charge in [0.2, 0.25) is 0 Å². The summed E-state index contributed by atoms with van der Waals surface area (Å²) in [5, 5.41) is 2.06. The highest BCUT2D eigenvalue weighted by atomic mass is 32.1. The zero-order valence-corrected chi connectivity index (χ0v) is 13.2. The molecule has 0 radical (unpaired) electrons.